The van der Waals surface area contributed by atoms with E-state index in [9.17, 15) is 9.59 Å². The number of rotatable bonds is 3. The molecule has 1 heterocycles. The van der Waals surface area contributed by atoms with Crippen molar-refractivity contribution in [2.45, 2.75) is 0 Å². The van der Waals surface area contributed by atoms with E-state index in [0.717, 1.165) is 0 Å². The van der Waals surface area contributed by atoms with Crippen molar-refractivity contribution in [1.82, 2.24) is 9.97 Å². The van der Waals surface area contributed by atoms with Gasteiger partial charge in [-0.1, -0.05) is 11.6 Å². The first-order valence-corrected chi connectivity index (χ1v) is 5.29. The molecule has 92 valence electrons. The highest BCUT2D eigenvalue weighted by Gasteiger charge is 2.08. The highest BCUT2D eigenvalue weighted by Crippen LogP contribution is 2.24. The van der Waals surface area contributed by atoms with Crippen molar-refractivity contribution in [1.29, 1.82) is 0 Å². The van der Waals surface area contributed by atoms with Crippen LogP contribution < -0.4 is 10.9 Å². The molecule has 0 aliphatic carbocycles. The quantitative estimate of drug-likeness (QED) is 0.787. The number of aromatic carboxylic acids is 1. The molecule has 0 saturated heterocycles. The molecule has 0 unspecified atom stereocenters. The van der Waals surface area contributed by atoms with Crippen molar-refractivity contribution in [3.05, 3.63) is 51.5 Å². The normalized spacial score (nSPS) is 10.1. The lowest BCUT2D eigenvalue weighted by molar-refractivity contribution is 0.0697. The molecule has 0 aliphatic heterocycles. The van der Waals surface area contributed by atoms with Crippen molar-refractivity contribution >= 4 is 29.1 Å². The van der Waals surface area contributed by atoms with Crippen LogP contribution in [0.4, 0.5) is 11.5 Å². The first-order chi connectivity index (χ1) is 8.58. The molecule has 1 aromatic heterocycles. The number of halogens is 1. The van der Waals surface area contributed by atoms with Crippen LogP contribution in [0.15, 0.2) is 35.4 Å². The van der Waals surface area contributed by atoms with Crippen LogP contribution in [0.1, 0.15) is 10.4 Å². The van der Waals surface area contributed by atoms with Crippen LogP contribution in [0.25, 0.3) is 0 Å². The summed E-state index contributed by atoms with van der Waals surface area (Å²) in [5.41, 5.74) is 0.0854. The smallest absolute Gasteiger partial charge is 0.335 e. The molecule has 0 saturated carbocycles. The lowest BCUT2D eigenvalue weighted by Crippen LogP contribution is -2.12. The van der Waals surface area contributed by atoms with E-state index in [-0.39, 0.29) is 16.4 Å². The molecule has 2 rings (SSSR count). The highest BCUT2D eigenvalue weighted by molar-refractivity contribution is 6.33. The van der Waals surface area contributed by atoms with E-state index in [0.29, 0.717) is 5.69 Å². The summed E-state index contributed by atoms with van der Waals surface area (Å²) in [7, 11) is 0. The number of hydrogen-bond donors (Lipinski definition) is 3. The van der Waals surface area contributed by atoms with Gasteiger partial charge in [-0.15, -0.1) is 0 Å². The molecule has 0 amide bonds. The van der Waals surface area contributed by atoms with E-state index < -0.39 is 11.5 Å². The topological polar surface area (TPSA) is 95.1 Å². The molecular weight excluding hydrogens is 258 g/mol. The van der Waals surface area contributed by atoms with Gasteiger partial charge in [-0.25, -0.2) is 9.78 Å². The molecule has 7 heteroatoms. The Morgan fingerprint density at radius 2 is 2.22 bits per heavy atom. The van der Waals surface area contributed by atoms with Gasteiger partial charge >= 0.3 is 5.97 Å². The summed E-state index contributed by atoms with van der Waals surface area (Å²) in [6, 6.07) is 4.15. The maximum atomic E-state index is 11.4. The summed E-state index contributed by atoms with van der Waals surface area (Å²) in [5.74, 6) is -0.985. The number of aromatic nitrogens is 2. The van der Waals surface area contributed by atoms with Crippen molar-refractivity contribution in [3.63, 3.8) is 0 Å². The minimum absolute atomic E-state index is 0.0699. The van der Waals surface area contributed by atoms with Gasteiger partial charge < -0.3 is 15.4 Å². The Morgan fingerprint density at radius 3 is 2.83 bits per heavy atom. The van der Waals surface area contributed by atoms with Gasteiger partial charge in [-0.3, -0.25) is 4.79 Å². The summed E-state index contributed by atoms with van der Waals surface area (Å²) >= 11 is 5.91. The van der Waals surface area contributed by atoms with Crippen LogP contribution in [-0.4, -0.2) is 21.0 Å². The first-order valence-electron chi connectivity index (χ1n) is 4.91. The zero-order chi connectivity index (χ0) is 13.1. The molecule has 0 bridgehead atoms. The number of benzene rings is 1. The van der Waals surface area contributed by atoms with Crippen molar-refractivity contribution in [3.8, 4) is 0 Å². The molecule has 0 spiro atoms. The van der Waals surface area contributed by atoms with Crippen LogP contribution in [0.3, 0.4) is 0 Å². The summed E-state index contributed by atoms with van der Waals surface area (Å²) in [4.78, 5) is 28.4. The molecule has 0 atom stereocenters. The van der Waals surface area contributed by atoms with Crippen molar-refractivity contribution in [2.24, 2.45) is 0 Å². The Morgan fingerprint density at radius 1 is 1.44 bits per heavy atom. The second-order valence-electron chi connectivity index (χ2n) is 3.39. The van der Waals surface area contributed by atoms with Crippen LogP contribution in [0, 0.1) is 0 Å². The molecule has 0 radical (unpaired) electrons. The SMILES string of the molecule is O=C(O)c1ccc(Nc2ncc[nH]c2=O)c(Cl)c1. The monoisotopic (exact) mass is 265 g/mol. The van der Waals surface area contributed by atoms with Crippen LogP contribution in [0.2, 0.25) is 5.02 Å². The zero-order valence-corrected chi connectivity index (χ0v) is 9.73. The van der Waals surface area contributed by atoms with Gasteiger partial charge in [0.15, 0.2) is 5.82 Å². The highest BCUT2D eigenvalue weighted by atomic mass is 35.5. The Bertz CT molecular complexity index is 654. The fourth-order valence-corrected chi connectivity index (χ4v) is 1.55. The predicted molar refractivity (Wildman–Crippen MR) is 66.6 cm³/mol. The van der Waals surface area contributed by atoms with Gasteiger partial charge in [0.05, 0.1) is 16.3 Å². The first kappa shape index (κ1) is 12.1. The summed E-state index contributed by atoms with van der Waals surface area (Å²) in [5, 5.41) is 11.7. The average Bonchev–Trinajstić information content (AvgIpc) is 2.34. The van der Waals surface area contributed by atoms with Crippen LogP contribution in [-0.2, 0) is 0 Å². The number of anilines is 2. The number of hydrogen-bond acceptors (Lipinski definition) is 4. The lowest BCUT2D eigenvalue weighted by Gasteiger charge is -2.07. The lowest BCUT2D eigenvalue weighted by atomic mass is 10.2. The Kier molecular flexibility index (Phi) is 3.29. The standard InChI is InChI=1S/C11H8ClN3O3/c12-7-5-6(11(17)18)1-2-8(7)15-9-10(16)14-4-3-13-9/h1-5H,(H,13,15)(H,14,16)(H,17,18). The van der Waals surface area contributed by atoms with E-state index in [1.165, 1.54) is 30.6 Å². The van der Waals surface area contributed by atoms with Gasteiger partial charge in [0.2, 0.25) is 0 Å². The molecule has 6 nitrogen and oxygen atoms in total. The third-order valence-corrected chi connectivity index (χ3v) is 2.49. The van der Waals surface area contributed by atoms with E-state index in [1.807, 2.05) is 0 Å². The fraction of sp³-hybridized carbons (Fsp3) is 0. The molecule has 2 aromatic rings. The van der Waals surface area contributed by atoms with E-state index in [4.69, 9.17) is 16.7 Å². The zero-order valence-electron chi connectivity index (χ0n) is 8.98. The number of nitrogens with zero attached hydrogens (tertiary/aromatic N) is 1. The number of aromatic amines is 1. The largest absolute Gasteiger partial charge is 0.478 e. The molecule has 18 heavy (non-hydrogen) atoms. The van der Waals surface area contributed by atoms with E-state index in [1.54, 1.807) is 0 Å². The van der Waals surface area contributed by atoms with Crippen molar-refractivity contribution < 1.29 is 9.90 Å². The number of carbonyl (C=O) groups is 1. The minimum Gasteiger partial charge on any atom is -0.478 e. The van der Waals surface area contributed by atoms with Gasteiger partial charge in [-0.05, 0) is 18.2 Å². The second kappa shape index (κ2) is 4.89. The summed E-state index contributed by atoms with van der Waals surface area (Å²) in [6.07, 6.45) is 2.83. The third kappa shape index (κ3) is 2.49. The van der Waals surface area contributed by atoms with Crippen molar-refractivity contribution in [2.75, 3.05) is 5.32 Å². The van der Waals surface area contributed by atoms with Crippen LogP contribution in [0.5, 0.6) is 0 Å². The van der Waals surface area contributed by atoms with Gasteiger partial charge in [-0.2, -0.15) is 0 Å². The fourth-order valence-electron chi connectivity index (χ4n) is 1.32. The summed E-state index contributed by atoms with van der Waals surface area (Å²) < 4.78 is 0. The molecular formula is C11H8ClN3O3. The van der Waals surface area contributed by atoms with Gasteiger partial charge in [0.25, 0.3) is 5.56 Å². The second-order valence-corrected chi connectivity index (χ2v) is 3.80. The summed E-state index contributed by atoms with van der Waals surface area (Å²) in [6.45, 7) is 0. The maximum Gasteiger partial charge on any atom is 0.335 e. The maximum absolute atomic E-state index is 11.4. The molecule has 3 N–H and O–H groups in total. The number of nitrogens with one attached hydrogen (secondary N) is 2. The van der Waals surface area contributed by atoms with Gasteiger partial charge in [0, 0.05) is 12.4 Å². The molecule has 0 aliphatic rings. The molecule has 0 fully saturated rings. The Labute approximate surface area is 106 Å². The Hall–Kier alpha value is -2.34. The Balaban J connectivity index is 2.33. The van der Waals surface area contributed by atoms with E-state index >= 15 is 0 Å². The van der Waals surface area contributed by atoms with Gasteiger partial charge in [0.1, 0.15) is 0 Å². The minimum atomic E-state index is -1.07. The predicted octanol–water partition coefficient (Wildman–Crippen LogP) is 1.87. The number of H-pyrrole nitrogens is 1. The number of carboxylic acid groups (broad SMARTS) is 1. The molecule has 1 aromatic carbocycles. The third-order valence-electron chi connectivity index (χ3n) is 2.18. The number of carboxylic acids is 1. The average molecular weight is 266 g/mol. The van der Waals surface area contributed by atoms with E-state index in [2.05, 4.69) is 15.3 Å². The van der Waals surface area contributed by atoms with Crippen LogP contribution >= 0.6 is 11.6 Å².